The molecule has 3 N–H and O–H groups in total. The van der Waals surface area contributed by atoms with E-state index in [9.17, 15) is 13.6 Å². The molecule has 170 valence electrons. The van der Waals surface area contributed by atoms with Gasteiger partial charge in [0, 0.05) is 31.4 Å². The van der Waals surface area contributed by atoms with Crippen molar-refractivity contribution in [2.24, 2.45) is 5.73 Å². The van der Waals surface area contributed by atoms with Crippen LogP contribution in [0.15, 0.2) is 42.6 Å². The van der Waals surface area contributed by atoms with Gasteiger partial charge in [0.25, 0.3) is 0 Å². The molecule has 0 saturated heterocycles. The fourth-order valence-electron chi connectivity index (χ4n) is 4.33. The molecule has 1 aromatic heterocycles. The van der Waals surface area contributed by atoms with Gasteiger partial charge in [-0.05, 0) is 72.8 Å². The van der Waals surface area contributed by atoms with Crippen molar-refractivity contribution in [1.82, 2.24) is 9.13 Å². The first kappa shape index (κ1) is 24.1. The number of hydrogen-bond donors (Lipinski definition) is 2. The monoisotopic (exact) mass is 479 g/mol. The highest BCUT2D eigenvalue weighted by molar-refractivity contribution is 7.71. The number of aromatic nitrogens is 2. The number of hydrogen-bond acceptors (Lipinski definition) is 3. The topological polar surface area (TPSA) is 73.2 Å². The molecule has 0 saturated carbocycles. The number of benzene rings is 2. The maximum absolute atomic E-state index is 14.1. The molecule has 0 amide bonds. The van der Waals surface area contributed by atoms with Crippen molar-refractivity contribution in [3.05, 3.63) is 86.9 Å². The second-order valence-corrected chi connectivity index (χ2v) is 8.21. The van der Waals surface area contributed by atoms with Crippen molar-refractivity contribution in [2.75, 3.05) is 0 Å². The van der Waals surface area contributed by atoms with E-state index in [1.165, 1.54) is 6.07 Å². The van der Waals surface area contributed by atoms with E-state index in [1.807, 2.05) is 15.3 Å². The fraction of sp³-hybridized carbons (Fsp3) is 0.304. The minimum absolute atomic E-state index is 0. The van der Waals surface area contributed by atoms with E-state index in [0.717, 1.165) is 17.3 Å². The third-order valence-electron chi connectivity index (χ3n) is 5.92. The summed E-state index contributed by atoms with van der Waals surface area (Å²) in [5.41, 5.74) is 9.39. The maximum atomic E-state index is 14.1. The van der Waals surface area contributed by atoms with Gasteiger partial charge < -0.3 is 20.0 Å². The molecule has 1 aliphatic carbocycles. The summed E-state index contributed by atoms with van der Waals surface area (Å²) in [6, 6.07) is 9.13. The summed E-state index contributed by atoms with van der Waals surface area (Å²) in [7, 11) is 0. The summed E-state index contributed by atoms with van der Waals surface area (Å²) in [6.07, 6.45) is 4.37. The lowest BCUT2D eigenvalue weighted by Gasteiger charge is -2.27. The van der Waals surface area contributed by atoms with Gasteiger partial charge in [-0.15, -0.1) is 12.4 Å². The van der Waals surface area contributed by atoms with Crippen LogP contribution in [0.2, 0.25) is 0 Å². The molecule has 5 nitrogen and oxygen atoms in total. The molecule has 32 heavy (non-hydrogen) atoms. The standard InChI is InChI=1S/C23H23F2N3O2S.ClH/c24-17-9-16-10-18(5-6-20(16)21(25)11-17)28-19(12-26)13-27(23(28)31)8-7-14-1-3-15(4-2-14)22(29)30;/h1-4,9,11,13,18H,5-8,10,12,26H2,(H,29,30);1H/t18-;/m0./s1. The number of carboxylic acids is 1. The zero-order valence-corrected chi connectivity index (χ0v) is 18.9. The highest BCUT2D eigenvalue weighted by Crippen LogP contribution is 2.32. The first-order valence-corrected chi connectivity index (χ1v) is 10.6. The SMILES string of the molecule is Cl.NCc1cn(CCc2ccc(C(=O)O)cc2)c(=S)n1[C@H]1CCc2c(F)cc(F)cc2C1. The van der Waals surface area contributed by atoms with Gasteiger partial charge in [0.05, 0.1) is 11.3 Å². The van der Waals surface area contributed by atoms with Crippen LogP contribution in [0.1, 0.15) is 45.2 Å². The first-order valence-electron chi connectivity index (χ1n) is 10.2. The van der Waals surface area contributed by atoms with Gasteiger partial charge in [0.1, 0.15) is 11.6 Å². The van der Waals surface area contributed by atoms with E-state index in [4.69, 9.17) is 23.1 Å². The van der Waals surface area contributed by atoms with Crippen LogP contribution in [-0.4, -0.2) is 20.2 Å². The Balaban J connectivity index is 0.00000289. The van der Waals surface area contributed by atoms with Crippen molar-refractivity contribution in [3.63, 3.8) is 0 Å². The van der Waals surface area contributed by atoms with Crippen LogP contribution in [0.3, 0.4) is 0 Å². The van der Waals surface area contributed by atoms with Gasteiger partial charge in [0.2, 0.25) is 0 Å². The number of halogens is 3. The Morgan fingerprint density at radius 2 is 1.94 bits per heavy atom. The second kappa shape index (κ2) is 9.94. The summed E-state index contributed by atoms with van der Waals surface area (Å²) >= 11 is 5.73. The number of carboxylic acid groups (broad SMARTS) is 1. The molecular weight excluding hydrogens is 456 g/mol. The van der Waals surface area contributed by atoms with Crippen LogP contribution in [-0.2, 0) is 32.4 Å². The van der Waals surface area contributed by atoms with Gasteiger partial charge >= 0.3 is 5.97 Å². The maximum Gasteiger partial charge on any atom is 0.335 e. The Hall–Kier alpha value is -2.55. The van der Waals surface area contributed by atoms with Crippen LogP contribution in [0.25, 0.3) is 0 Å². The molecule has 0 bridgehead atoms. The Morgan fingerprint density at radius 3 is 2.59 bits per heavy atom. The number of aryl methyl sites for hydroxylation is 2. The minimum atomic E-state index is -0.952. The van der Waals surface area contributed by atoms with E-state index < -0.39 is 17.6 Å². The predicted molar refractivity (Wildman–Crippen MR) is 123 cm³/mol. The average Bonchev–Trinajstić information content (AvgIpc) is 3.07. The van der Waals surface area contributed by atoms with E-state index in [-0.39, 0.29) is 24.0 Å². The van der Waals surface area contributed by atoms with Crippen molar-refractivity contribution in [2.45, 2.75) is 44.8 Å². The van der Waals surface area contributed by atoms with Crippen molar-refractivity contribution < 1.29 is 18.7 Å². The zero-order chi connectivity index (χ0) is 22.1. The predicted octanol–water partition coefficient (Wildman–Crippen LogP) is 4.85. The summed E-state index contributed by atoms with van der Waals surface area (Å²) in [4.78, 5) is 11.0. The van der Waals surface area contributed by atoms with Gasteiger partial charge in [-0.25, -0.2) is 13.6 Å². The van der Waals surface area contributed by atoms with Crippen LogP contribution in [0, 0.1) is 16.4 Å². The molecule has 4 rings (SSSR count). The molecule has 9 heteroatoms. The second-order valence-electron chi connectivity index (χ2n) is 7.84. The summed E-state index contributed by atoms with van der Waals surface area (Å²) < 4.78 is 32.4. The summed E-state index contributed by atoms with van der Waals surface area (Å²) in [5, 5.41) is 9.02. The average molecular weight is 480 g/mol. The number of nitrogens with two attached hydrogens (primary N) is 1. The largest absolute Gasteiger partial charge is 0.478 e. The Bertz CT molecular complexity index is 1190. The molecule has 0 radical (unpaired) electrons. The zero-order valence-electron chi connectivity index (χ0n) is 17.3. The van der Waals surface area contributed by atoms with Crippen molar-refractivity contribution >= 4 is 30.6 Å². The van der Waals surface area contributed by atoms with E-state index in [0.29, 0.717) is 54.7 Å². The fourth-order valence-corrected chi connectivity index (χ4v) is 4.74. The number of imidazole rings is 1. The summed E-state index contributed by atoms with van der Waals surface area (Å²) in [5.74, 6) is -2.00. The van der Waals surface area contributed by atoms with Crippen LogP contribution in [0.4, 0.5) is 8.78 Å². The normalized spacial score (nSPS) is 15.2. The Labute approximate surface area is 195 Å². The summed E-state index contributed by atoms with van der Waals surface area (Å²) in [6.45, 7) is 0.933. The van der Waals surface area contributed by atoms with Crippen LogP contribution in [0.5, 0.6) is 0 Å². The number of fused-ring (bicyclic) bond motifs is 1. The van der Waals surface area contributed by atoms with Crippen molar-refractivity contribution in [1.29, 1.82) is 0 Å². The molecule has 3 aromatic rings. The molecule has 0 unspecified atom stereocenters. The van der Waals surface area contributed by atoms with Gasteiger partial charge in [-0.2, -0.15) is 0 Å². The molecular formula is C23H24ClF2N3O2S. The first-order chi connectivity index (χ1) is 14.9. The number of aromatic carboxylic acids is 1. The lowest BCUT2D eigenvalue weighted by atomic mass is 9.87. The Kier molecular flexibility index (Phi) is 7.48. The smallest absolute Gasteiger partial charge is 0.335 e. The minimum Gasteiger partial charge on any atom is -0.478 e. The molecule has 1 atom stereocenters. The van der Waals surface area contributed by atoms with E-state index in [1.54, 1.807) is 24.3 Å². The Morgan fingerprint density at radius 1 is 1.22 bits per heavy atom. The number of nitrogens with zero attached hydrogens (tertiary/aromatic N) is 2. The van der Waals surface area contributed by atoms with Gasteiger partial charge in [-0.3, -0.25) is 0 Å². The van der Waals surface area contributed by atoms with Crippen LogP contribution >= 0.6 is 24.6 Å². The number of rotatable bonds is 6. The van der Waals surface area contributed by atoms with Crippen LogP contribution < -0.4 is 5.73 Å². The molecule has 0 aliphatic heterocycles. The highest BCUT2D eigenvalue weighted by atomic mass is 35.5. The van der Waals surface area contributed by atoms with E-state index in [2.05, 4.69) is 0 Å². The molecule has 2 aromatic carbocycles. The quantitative estimate of drug-likeness (QED) is 0.496. The molecule has 0 spiro atoms. The third kappa shape index (κ3) is 4.77. The highest BCUT2D eigenvalue weighted by Gasteiger charge is 2.25. The number of carbonyl (C=O) groups is 1. The lowest BCUT2D eigenvalue weighted by Crippen LogP contribution is -2.22. The molecule has 0 fully saturated rings. The van der Waals surface area contributed by atoms with Crippen molar-refractivity contribution in [3.8, 4) is 0 Å². The molecule has 1 aliphatic rings. The molecule has 1 heterocycles. The van der Waals surface area contributed by atoms with Gasteiger partial charge in [0.15, 0.2) is 4.77 Å². The van der Waals surface area contributed by atoms with E-state index >= 15 is 0 Å². The lowest BCUT2D eigenvalue weighted by molar-refractivity contribution is 0.0697. The third-order valence-corrected chi connectivity index (χ3v) is 6.35. The van der Waals surface area contributed by atoms with Gasteiger partial charge in [-0.1, -0.05) is 12.1 Å².